The zero-order chi connectivity index (χ0) is 19.9. The molecular formula is C22H24N4O2. The van der Waals surface area contributed by atoms with Gasteiger partial charge in [0.1, 0.15) is 5.82 Å². The lowest BCUT2D eigenvalue weighted by atomic mass is 9.89. The number of anilines is 1. The molecule has 0 aliphatic heterocycles. The van der Waals surface area contributed by atoms with Crippen molar-refractivity contribution in [2.45, 2.75) is 32.1 Å². The minimum atomic E-state index is -0.446. The highest BCUT2D eigenvalue weighted by atomic mass is 16.5. The Morgan fingerprint density at radius 1 is 1.21 bits per heavy atom. The van der Waals surface area contributed by atoms with Crippen LogP contribution in [0.2, 0.25) is 0 Å². The van der Waals surface area contributed by atoms with Crippen LogP contribution < -0.4 is 5.73 Å². The van der Waals surface area contributed by atoms with Crippen LogP contribution in [-0.4, -0.2) is 27.3 Å². The van der Waals surface area contributed by atoms with Gasteiger partial charge in [0.05, 0.1) is 29.5 Å². The second kappa shape index (κ2) is 6.78. The highest BCUT2D eigenvalue weighted by molar-refractivity contribution is 5.87. The maximum atomic E-state index is 12.4. The van der Waals surface area contributed by atoms with Crippen molar-refractivity contribution < 1.29 is 9.53 Å². The number of aromatic nitrogens is 3. The number of nitrogens with zero attached hydrogens (tertiary/aromatic N) is 3. The van der Waals surface area contributed by atoms with Gasteiger partial charge in [-0.15, -0.1) is 0 Å². The predicted octanol–water partition coefficient (Wildman–Crippen LogP) is 3.63. The zero-order valence-electron chi connectivity index (χ0n) is 16.4. The summed E-state index contributed by atoms with van der Waals surface area (Å²) in [5.74, 6) is 0.486. The molecule has 0 bridgehead atoms. The van der Waals surface area contributed by atoms with E-state index in [4.69, 9.17) is 10.5 Å². The van der Waals surface area contributed by atoms with Gasteiger partial charge < -0.3 is 10.5 Å². The maximum absolute atomic E-state index is 12.4. The summed E-state index contributed by atoms with van der Waals surface area (Å²) in [6, 6.07) is 10.2. The number of pyridine rings is 1. The van der Waals surface area contributed by atoms with E-state index in [0.717, 1.165) is 46.4 Å². The summed E-state index contributed by atoms with van der Waals surface area (Å²) in [5.41, 5.74) is 11.5. The first-order valence-corrected chi connectivity index (χ1v) is 9.49. The summed E-state index contributed by atoms with van der Waals surface area (Å²) >= 11 is 0. The van der Waals surface area contributed by atoms with Crippen LogP contribution in [0, 0.1) is 6.92 Å². The molecule has 0 unspecified atom stereocenters. The van der Waals surface area contributed by atoms with E-state index in [0.29, 0.717) is 12.4 Å². The van der Waals surface area contributed by atoms with Crippen molar-refractivity contribution in [1.29, 1.82) is 0 Å². The summed E-state index contributed by atoms with van der Waals surface area (Å²) < 4.78 is 6.92. The van der Waals surface area contributed by atoms with Gasteiger partial charge in [-0.05, 0) is 49.4 Å². The molecule has 2 heterocycles. The molecule has 0 amide bonds. The molecule has 0 atom stereocenters. The number of carbonyl (C=O) groups is 1. The topological polar surface area (TPSA) is 83.0 Å². The van der Waals surface area contributed by atoms with Crippen LogP contribution in [-0.2, 0) is 22.0 Å². The summed E-state index contributed by atoms with van der Waals surface area (Å²) in [4.78, 5) is 16.9. The number of rotatable bonds is 5. The largest absolute Gasteiger partial charge is 0.465 e. The second-order valence-electron chi connectivity index (χ2n) is 7.33. The normalized spacial score (nSPS) is 14.7. The molecule has 1 aliphatic rings. The van der Waals surface area contributed by atoms with Crippen LogP contribution in [0.4, 0.5) is 5.82 Å². The third-order valence-corrected chi connectivity index (χ3v) is 5.52. The first kappa shape index (κ1) is 18.2. The third kappa shape index (κ3) is 2.95. The van der Waals surface area contributed by atoms with Gasteiger partial charge in [-0.2, -0.15) is 5.10 Å². The maximum Gasteiger partial charge on any atom is 0.316 e. The number of hydrogen-bond acceptors (Lipinski definition) is 5. The van der Waals surface area contributed by atoms with Gasteiger partial charge in [-0.3, -0.25) is 14.5 Å². The lowest BCUT2D eigenvalue weighted by Gasteiger charge is -2.17. The van der Waals surface area contributed by atoms with E-state index >= 15 is 0 Å². The van der Waals surface area contributed by atoms with Gasteiger partial charge in [-0.25, -0.2) is 0 Å². The lowest BCUT2D eigenvalue weighted by molar-refractivity contribution is -0.146. The van der Waals surface area contributed by atoms with Crippen LogP contribution in [0.3, 0.4) is 0 Å². The molecule has 144 valence electrons. The van der Waals surface area contributed by atoms with Gasteiger partial charge in [0.15, 0.2) is 0 Å². The van der Waals surface area contributed by atoms with Crippen LogP contribution in [0.1, 0.15) is 30.9 Å². The number of esters is 1. The lowest BCUT2D eigenvalue weighted by Crippen LogP contribution is -2.24. The zero-order valence-corrected chi connectivity index (χ0v) is 16.4. The van der Waals surface area contributed by atoms with E-state index in [1.165, 1.54) is 0 Å². The van der Waals surface area contributed by atoms with Crippen LogP contribution in [0.15, 0.2) is 42.7 Å². The molecule has 28 heavy (non-hydrogen) atoms. The Balaban J connectivity index is 1.61. The average Bonchev–Trinajstić information content (AvgIpc) is 3.43. The van der Waals surface area contributed by atoms with E-state index < -0.39 is 5.41 Å². The number of aryl methyl sites for hydroxylation is 2. The van der Waals surface area contributed by atoms with Crippen molar-refractivity contribution >= 4 is 11.8 Å². The molecular weight excluding hydrogens is 352 g/mol. The second-order valence-corrected chi connectivity index (χ2v) is 7.33. The van der Waals surface area contributed by atoms with Crippen molar-refractivity contribution in [2.24, 2.45) is 7.05 Å². The Labute approximate surface area is 164 Å². The Morgan fingerprint density at radius 2 is 1.96 bits per heavy atom. The number of ether oxygens (including phenoxy) is 1. The van der Waals surface area contributed by atoms with Crippen molar-refractivity contribution in [3.8, 4) is 22.4 Å². The number of nitrogens with two attached hydrogens (primary N) is 1. The van der Waals surface area contributed by atoms with Gasteiger partial charge in [-0.1, -0.05) is 24.3 Å². The molecule has 1 saturated carbocycles. The van der Waals surface area contributed by atoms with Crippen LogP contribution >= 0.6 is 0 Å². The standard InChI is InChI=1S/C22H24N4O2/c1-4-28-21(27)22(9-10-22)18-7-5-15(11-14(18)2)16-6-8-19(24-12-16)17-13-25-26(3)20(17)23/h5-8,11-13H,4,9-10,23H2,1-3H3. The minimum Gasteiger partial charge on any atom is -0.465 e. The highest BCUT2D eigenvalue weighted by Crippen LogP contribution is 2.50. The average molecular weight is 376 g/mol. The molecule has 3 aromatic rings. The third-order valence-electron chi connectivity index (χ3n) is 5.52. The number of benzene rings is 1. The van der Waals surface area contributed by atoms with Crippen molar-refractivity contribution in [1.82, 2.24) is 14.8 Å². The molecule has 1 aromatic carbocycles. The monoisotopic (exact) mass is 376 g/mol. The minimum absolute atomic E-state index is 0.106. The molecule has 0 spiro atoms. The summed E-state index contributed by atoms with van der Waals surface area (Å²) in [7, 11) is 1.81. The highest BCUT2D eigenvalue weighted by Gasteiger charge is 2.53. The van der Waals surface area contributed by atoms with E-state index in [-0.39, 0.29) is 5.97 Å². The number of hydrogen-bond donors (Lipinski definition) is 1. The van der Waals surface area contributed by atoms with Gasteiger partial charge in [0.2, 0.25) is 0 Å². The van der Waals surface area contributed by atoms with E-state index in [2.05, 4.69) is 35.2 Å². The molecule has 1 aliphatic carbocycles. The summed E-state index contributed by atoms with van der Waals surface area (Å²) in [6.07, 6.45) is 5.28. The number of carbonyl (C=O) groups excluding carboxylic acids is 1. The molecule has 0 radical (unpaired) electrons. The Kier molecular flexibility index (Phi) is 4.41. The molecule has 2 N–H and O–H groups in total. The molecule has 6 nitrogen and oxygen atoms in total. The van der Waals surface area contributed by atoms with Crippen LogP contribution in [0.25, 0.3) is 22.4 Å². The van der Waals surface area contributed by atoms with Crippen molar-refractivity contribution in [2.75, 3.05) is 12.3 Å². The van der Waals surface area contributed by atoms with Gasteiger partial charge in [0.25, 0.3) is 0 Å². The van der Waals surface area contributed by atoms with E-state index in [1.807, 2.05) is 25.3 Å². The van der Waals surface area contributed by atoms with E-state index in [1.54, 1.807) is 17.9 Å². The van der Waals surface area contributed by atoms with Crippen molar-refractivity contribution in [3.63, 3.8) is 0 Å². The first-order valence-electron chi connectivity index (χ1n) is 9.49. The Morgan fingerprint density at radius 3 is 2.50 bits per heavy atom. The summed E-state index contributed by atoms with van der Waals surface area (Å²) in [5, 5.41) is 4.16. The van der Waals surface area contributed by atoms with E-state index in [9.17, 15) is 4.79 Å². The van der Waals surface area contributed by atoms with Gasteiger partial charge >= 0.3 is 5.97 Å². The smallest absolute Gasteiger partial charge is 0.316 e. The molecule has 4 rings (SSSR count). The number of nitrogen functional groups attached to an aromatic ring is 1. The molecule has 2 aromatic heterocycles. The fraction of sp³-hybridized carbons (Fsp3) is 0.318. The molecule has 1 fully saturated rings. The molecule has 6 heteroatoms. The molecule has 0 saturated heterocycles. The predicted molar refractivity (Wildman–Crippen MR) is 109 cm³/mol. The summed E-state index contributed by atoms with van der Waals surface area (Å²) in [6.45, 7) is 4.31. The van der Waals surface area contributed by atoms with Crippen molar-refractivity contribution in [3.05, 3.63) is 53.9 Å². The SMILES string of the molecule is CCOC(=O)C1(c2ccc(-c3ccc(-c4cnn(C)c4N)nc3)cc2C)CC1. The Hall–Kier alpha value is -3.15. The Bertz CT molecular complexity index is 1030. The fourth-order valence-corrected chi connectivity index (χ4v) is 3.73. The quantitative estimate of drug-likeness (QED) is 0.688. The van der Waals surface area contributed by atoms with Crippen LogP contribution in [0.5, 0.6) is 0 Å². The first-order chi connectivity index (χ1) is 13.5. The fourth-order valence-electron chi connectivity index (χ4n) is 3.73. The van der Waals surface area contributed by atoms with Gasteiger partial charge in [0, 0.05) is 18.8 Å².